The van der Waals surface area contributed by atoms with Crippen molar-refractivity contribution in [1.29, 1.82) is 0 Å². The molecule has 8 nitrogen and oxygen atoms in total. The standard InChI is InChI=1S/C20H27N3O5S/c1-14-7-8-15(2)17(12-14)29(26,27)18(16-6-5-11-28-16)13-22-20(25)19(24)21-9-10-23(3)4/h5-8,11-12,18H,9-10,13H2,1-4H3,(H,21,24)(H,22,25)/p+1/t18-/m1/s1. The van der Waals surface area contributed by atoms with Crippen molar-refractivity contribution in [3.8, 4) is 0 Å². The van der Waals surface area contributed by atoms with Crippen molar-refractivity contribution >= 4 is 21.7 Å². The van der Waals surface area contributed by atoms with E-state index in [9.17, 15) is 18.0 Å². The maximum absolute atomic E-state index is 13.3. The molecule has 3 N–H and O–H groups in total. The van der Waals surface area contributed by atoms with Crippen LogP contribution in [0.5, 0.6) is 0 Å². The van der Waals surface area contributed by atoms with Gasteiger partial charge in [-0.25, -0.2) is 8.42 Å². The predicted octanol–water partition coefficient (Wildman–Crippen LogP) is -0.212. The van der Waals surface area contributed by atoms with E-state index in [2.05, 4.69) is 10.6 Å². The summed E-state index contributed by atoms with van der Waals surface area (Å²) >= 11 is 0. The number of carbonyl (C=O) groups excluding carboxylic acids is 2. The number of aryl methyl sites for hydroxylation is 2. The van der Waals surface area contributed by atoms with Crippen LogP contribution < -0.4 is 15.5 Å². The largest absolute Gasteiger partial charge is 0.468 e. The van der Waals surface area contributed by atoms with Crippen molar-refractivity contribution in [1.82, 2.24) is 10.6 Å². The molecule has 0 aliphatic heterocycles. The molecule has 1 heterocycles. The lowest BCUT2D eigenvalue weighted by Gasteiger charge is -2.18. The Balaban J connectivity index is 2.19. The number of rotatable bonds is 8. The second-order valence-electron chi connectivity index (χ2n) is 7.24. The van der Waals surface area contributed by atoms with E-state index in [0.29, 0.717) is 18.7 Å². The highest BCUT2D eigenvalue weighted by atomic mass is 32.2. The zero-order valence-corrected chi connectivity index (χ0v) is 17.9. The van der Waals surface area contributed by atoms with E-state index < -0.39 is 26.9 Å². The number of likely N-dealkylation sites (N-methyl/N-ethyl adjacent to an activating group) is 1. The Bertz CT molecular complexity index is 953. The number of hydrogen-bond acceptors (Lipinski definition) is 5. The summed E-state index contributed by atoms with van der Waals surface area (Å²) in [6.45, 7) is 4.24. The first-order valence-corrected chi connectivity index (χ1v) is 10.9. The van der Waals surface area contributed by atoms with E-state index >= 15 is 0 Å². The molecule has 2 amide bonds. The van der Waals surface area contributed by atoms with Gasteiger partial charge in [0.25, 0.3) is 0 Å². The van der Waals surface area contributed by atoms with Crippen LogP contribution >= 0.6 is 0 Å². The summed E-state index contributed by atoms with van der Waals surface area (Å²) < 4.78 is 32.0. The van der Waals surface area contributed by atoms with Crippen LogP contribution in [0.25, 0.3) is 0 Å². The van der Waals surface area contributed by atoms with E-state index in [-0.39, 0.29) is 17.2 Å². The fraction of sp³-hybridized carbons (Fsp3) is 0.400. The molecule has 1 aromatic carbocycles. The summed E-state index contributed by atoms with van der Waals surface area (Å²) in [4.78, 5) is 25.4. The molecule has 0 saturated carbocycles. The van der Waals surface area contributed by atoms with Crippen molar-refractivity contribution < 1.29 is 27.3 Å². The minimum atomic E-state index is -3.87. The van der Waals surface area contributed by atoms with Gasteiger partial charge in [0.2, 0.25) is 0 Å². The molecule has 1 atom stereocenters. The summed E-state index contributed by atoms with van der Waals surface area (Å²) in [6, 6.07) is 8.29. The molecule has 2 rings (SSSR count). The summed E-state index contributed by atoms with van der Waals surface area (Å²) in [5.74, 6) is -1.48. The van der Waals surface area contributed by atoms with Gasteiger partial charge < -0.3 is 20.0 Å². The third-order valence-corrected chi connectivity index (χ3v) is 6.65. The van der Waals surface area contributed by atoms with Crippen LogP contribution in [0.4, 0.5) is 0 Å². The van der Waals surface area contributed by atoms with Gasteiger partial charge in [-0.3, -0.25) is 9.59 Å². The van der Waals surface area contributed by atoms with Gasteiger partial charge in [0.05, 0.1) is 38.3 Å². The van der Waals surface area contributed by atoms with Crippen LogP contribution in [-0.4, -0.2) is 54.0 Å². The van der Waals surface area contributed by atoms with Crippen molar-refractivity contribution in [3.05, 3.63) is 53.5 Å². The molecular weight excluding hydrogens is 394 g/mol. The van der Waals surface area contributed by atoms with Gasteiger partial charge >= 0.3 is 11.8 Å². The molecule has 2 aromatic rings. The van der Waals surface area contributed by atoms with Crippen LogP contribution in [0.1, 0.15) is 22.1 Å². The number of quaternary nitrogens is 1. The van der Waals surface area contributed by atoms with Gasteiger partial charge in [0, 0.05) is 6.54 Å². The third-order valence-electron chi connectivity index (χ3n) is 4.45. The highest BCUT2D eigenvalue weighted by Gasteiger charge is 2.33. The van der Waals surface area contributed by atoms with E-state index in [1.165, 1.54) is 6.26 Å². The van der Waals surface area contributed by atoms with E-state index in [1.807, 2.05) is 27.1 Å². The minimum absolute atomic E-state index is 0.173. The van der Waals surface area contributed by atoms with Crippen LogP contribution in [0.3, 0.4) is 0 Å². The van der Waals surface area contributed by atoms with Crippen LogP contribution in [0, 0.1) is 13.8 Å². The predicted molar refractivity (Wildman–Crippen MR) is 108 cm³/mol. The maximum Gasteiger partial charge on any atom is 0.309 e. The zero-order valence-electron chi connectivity index (χ0n) is 17.1. The summed E-state index contributed by atoms with van der Waals surface area (Å²) in [6.07, 6.45) is 1.37. The number of hydrogen-bond donors (Lipinski definition) is 3. The molecule has 0 spiro atoms. The summed E-state index contributed by atoms with van der Waals surface area (Å²) in [5.41, 5.74) is 1.40. The van der Waals surface area contributed by atoms with Gasteiger partial charge in [0.1, 0.15) is 11.0 Å². The molecular formula is C20H28N3O5S+. The Hall–Kier alpha value is -2.65. The molecule has 0 radical (unpaired) electrons. The second kappa shape index (κ2) is 9.71. The van der Waals surface area contributed by atoms with E-state index in [1.54, 1.807) is 31.2 Å². The molecule has 0 bridgehead atoms. The van der Waals surface area contributed by atoms with Crippen molar-refractivity contribution in [2.24, 2.45) is 0 Å². The van der Waals surface area contributed by atoms with Gasteiger partial charge in [-0.05, 0) is 43.2 Å². The van der Waals surface area contributed by atoms with Crippen molar-refractivity contribution in [2.45, 2.75) is 24.0 Å². The van der Waals surface area contributed by atoms with E-state index in [0.717, 1.165) is 10.5 Å². The molecule has 0 aliphatic carbocycles. The lowest BCUT2D eigenvalue weighted by atomic mass is 10.2. The maximum atomic E-state index is 13.3. The average Bonchev–Trinajstić information content (AvgIpc) is 3.17. The SMILES string of the molecule is Cc1ccc(C)c(S(=O)(=O)[C@H](CNC(=O)C(=O)NCC[NH+](C)C)c2ccco2)c1. The Kier molecular flexibility index (Phi) is 7.58. The topological polar surface area (TPSA) is 110 Å². The monoisotopic (exact) mass is 422 g/mol. The van der Waals surface area contributed by atoms with Crippen LogP contribution in [0.2, 0.25) is 0 Å². The Morgan fingerprint density at radius 2 is 1.79 bits per heavy atom. The highest BCUT2D eigenvalue weighted by molar-refractivity contribution is 7.91. The van der Waals surface area contributed by atoms with Crippen molar-refractivity contribution in [2.75, 3.05) is 33.7 Å². The normalized spacial score (nSPS) is 12.6. The molecule has 0 saturated heterocycles. The molecule has 158 valence electrons. The zero-order chi connectivity index (χ0) is 21.6. The highest BCUT2D eigenvalue weighted by Crippen LogP contribution is 2.31. The first kappa shape index (κ1) is 22.6. The molecule has 0 aliphatic rings. The lowest BCUT2D eigenvalue weighted by molar-refractivity contribution is -0.856. The quantitative estimate of drug-likeness (QED) is 0.510. The summed E-state index contributed by atoms with van der Waals surface area (Å²) in [5, 5.41) is 3.78. The number of carbonyl (C=O) groups is 2. The van der Waals surface area contributed by atoms with Crippen LogP contribution in [0.15, 0.2) is 45.9 Å². The Labute approximate surface area is 171 Å². The third kappa shape index (κ3) is 5.91. The first-order valence-electron chi connectivity index (χ1n) is 9.32. The molecule has 29 heavy (non-hydrogen) atoms. The summed E-state index contributed by atoms with van der Waals surface area (Å²) in [7, 11) is -0.0125. The smallest absolute Gasteiger partial charge is 0.309 e. The Morgan fingerprint density at radius 1 is 1.10 bits per heavy atom. The number of furan rings is 1. The second-order valence-corrected chi connectivity index (χ2v) is 9.34. The molecule has 0 unspecified atom stereocenters. The van der Waals surface area contributed by atoms with Gasteiger partial charge in [-0.15, -0.1) is 0 Å². The van der Waals surface area contributed by atoms with Crippen LogP contribution in [-0.2, 0) is 19.4 Å². The fourth-order valence-electron chi connectivity index (χ4n) is 2.78. The van der Waals surface area contributed by atoms with Gasteiger partial charge in [-0.1, -0.05) is 12.1 Å². The van der Waals surface area contributed by atoms with E-state index in [4.69, 9.17) is 4.42 Å². The molecule has 0 fully saturated rings. The Morgan fingerprint density at radius 3 is 2.41 bits per heavy atom. The minimum Gasteiger partial charge on any atom is -0.468 e. The molecule has 1 aromatic heterocycles. The number of nitrogens with one attached hydrogen (secondary N) is 3. The number of benzene rings is 1. The van der Waals surface area contributed by atoms with Gasteiger partial charge in [-0.2, -0.15) is 0 Å². The fourth-order valence-corrected chi connectivity index (χ4v) is 4.69. The lowest BCUT2D eigenvalue weighted by Crippen LogP contribution is -3.06. The average molecular weight is 423 g/mol. The van der Waals surface area contributed by atoms with Gasteiger partial charge in [0.15, 0.2) is 9.84 Å². The molecule has 9 heteroatoms. The number of amides is 2. The number of sulfone groups is 1. The van der Waals surface area contributed by atoms with Crippen molar-refractivity contribution in [3.63, 3.8) is 0 Å². The first-order chi connectivity index (χ1) is 13.6.